The lowest BCUT2D eigenvalue weighted by Gasteiger charge is -2.12. The van der Waals surface area contributed by atoms with E-state index in [9.17, 15) is 5.26 Å². The van der Waals surface area contributed by atoms with Crippen molar-refractivity contribution in [3.8, 4) is 16.6 Å². The molecule has 4 nitrogen and oxygen atoms in total. The Morgan fingerprint density at radius 2 is 2.16 bits per heavy atom. The molecule has 0 saturated carbocycles. The Morgan fingerprint density at radius 3 is 2.74 bits per heavy atom. The van der Waals surface area contributed by atoms with Crippen molar-refractivity contribution < 1.29 is 0 Å². The van der Waals surface area contributed by atoms with Gasteiger partial charge in [-0.05, 0) is 11.4 Å². The lowest BCUT2D eigenvalue weighted by atomic mass is 9.98. The Morgan fingerprint density at radius 1 is 1.37 bits per heavy atom. The van der Waals surface area contributed by atoms with Crippen LogP contribution >= 0.6 is 22.7 Å². The van der Waals surface area contributed by atoms with Crippen LogP contribution in [0.25, 0.3) is 15.5 Å². The zero-order chi connectivity index (χ0) is 13.6. The second-order valence-electron chi connectivity index (χ2n) is 5.25. The van der Waals surface area contributed by atoms with Gasteiger partial charge in [-0.2, -0.15) is 14.9 Å². The molecule has 0 N–H and O–H groups in total. The van der Waals surface area contributed by atoms with Crippen LogP contribution in [0.3, 0.4) is 0 Å². The fraction of sp³-hybridized carbons (Fsp3) is 0.308. The molecule has 0 aliphatic rings. The minimum atomic E-state index is -0.0266. The van der Waals surface area contributed by atoms with E-state index in [0.29, 0.717) is 5.69 Å². The molecule has 3 rings (SSSR count). The van der Waals surface area contributed by atoms with Gasteiger partial charge in [0, 0.05) is 5.41 Å². The molecule has 0 atom stereocenters. The van der Waals surface area contributed by atoms with E-state index >= 15 is 0 Å². The summed E-state index contributed by atoms with van der Waals surface area (Å²) in [5, 5.41) is 16.9. The van der Waals surface area contributed by atoms with Gasteiger partial charge in [-0.15, -0.1) is 11.3 Å². The van der Waals surface area contributed by atoms with Crippen molar-refractivity contribution in [1.82, 2.24) is 14.6 Å². The molecule has 3 aromatic heterocycles. The Balaban J connectivity index is 2.24. The van der Waals surface area contributed by atoms with E-state index < -0.39 is 0 Å². The van der Waals surface area contributed by atoms with E-state index in [0.717, 1.165) is 20.5 Å². The summed E-state index contributed by atoms with van der Waals surface area (Å²) in [6.45, 7) is 6.33. The summed E-state index contributed by atoms with van der Waals surface area (Å²) in [6.07, 6.45) is 0. The fourth-order valence-electron chi connectivity index (χ4n) is 1.74. The molecule has 0 bridgehead atoms. The van der Waals surface area contributed by atoms with Crippen LogP contribution in [0.4, 0.5) is 0 Å². The average molecular weight is 288 g/mol. The first-order chi connectivity index (χ1) is 9.00. The van der Waals surface area contributed by atoms with Gasteiger partial charge in [0.15, 0.2) is 5.69 Å². The average Bonchev–Trinajstić information content (AvgIpc) is 3.02. The third kappa shape index (κ3) is 1.95. The van der Waals surface area contributed by atoms with Crippen LogP contribution in [0.15, 0.2) is 17.5 Å². The molecule has 96 valence electrons. The molecular weight excluding hydrogens is 276 g/mol. The molecule has 0 fully saturated rings. The fourth-order valence-corrected chi connectivity index (χ4v) is 3.41. The number of aromatic nitrogens is 3. The summed E-state index contributed by atoms with van der Waals surface area (Å²) in [4.78, 5) is 6.36. The van der Waals surface area contributed by atoms with E-state index in [1.54, 1.807) is 27.2 Å². The van der Waals surface area contributed by atoms with E-state index in [2.05, 4.69) is 36.9 Å². The lowest BCUT2D eigenvalue weighted by molar-refractivity contribution is 0.573. The largest absolute Gasteiger partial charge is 0.215 e. The summed E-state index contributed by atoms with van der Waals surface area (Å²) < 4.78 is 1.67. The minimum absolute atomic E-state index is 0.0266. The van der Waals surface area contributed by atoms with Crippen LogP contribution in [-0.2, 0) is 5.41 Å². The van der Waals surface area contributed by atoms with Gasteiger partial charge >= 0.3 is 0 Å². The predicted octanol–water partition coefficient (Wildman–Crippen LogP) is 3.69. The molecule has 3 aromatic rings. The van der Waals surface area contributed by atoms with Gasteiger partial charge in [0.25, 0.3) is 0 Å². The first-order valence-electron chi connectivity index (χ1n) is 5.85. The molecule has 3 heterocycles. The zero-order valence-electron chi connectivity index (χ0n) is 10.8. The van der Waals surface area contributed by atoms with Crippen molar-refractivity contribution in [3.05, 3.63) is 28.2 Å². The van der Waals surface area contributed by atoms with Crippen LogP contribution in [0, 0.1) is 11.3 Å². The number of imidazole rings is 1. The summed E-state index contributed by atoms with van der Waals surface area (Å²) in [6, 6.07) is 6.16. The van der Waals surface area contributed by atoms with Gasteiger partial charge in [0.1, 0.15) is 16.8 Å². The normalized spacial score (nSPS) is 11.9. The summed E-state index contributed by atoms with van der Waals surface area (Å²) in [5.41, 5.74) is 1.22. The molecule has 19 heavy (non-hydrogen) atoms. The number of hydrogen-bond acceptors (Lipinski definition) is 5. The Labute approximate surface area is 119 Å². The first kappa shape index (κ1) is 12.3. The molecule has 0 aromatic carbocycles. The highest BCUT2D eigenvalue weighted by Crippen LogP contribution is 2.32. The van der Waals surface area contributed by atoms with Gasteiger partial charge < -0.3 is 0 Å². The van der Waals surface area contributed by atoms with Crippen molar-refractivity contribution in [1.29, 1.82) is 5.26 Å². The number of rotatable bonds is 1. The van der Waals surface area contributed by atoms with Gasteiger partial charge in [-0.25, -0.2) is 4.98 Å². The van der Waals surface area contributed by atoms with E-state index in [1.807, 2.05) is 17.5 Å². The summed E-state index contributed by atoms with van der Waals surface area (Å²) >= 11 is 3.13. The molecule has 6 heteroatoms. The molecular formula is C13H12N4S2. The number of hydrogen-bond donors (Lipinski definition) is 0. The second kappa shape index (κ2) is 4.15. The van der Waals surface area contributed by atoms with Gasteiger partial charge in [0.2, 0.25) is 4.96 Å². The van der Waals surface area contributed by atoms with Gasteiger partial charge in [-0.1, -0.05) is 38.2 Å². The summed E-state index contributed by atoms with van der Waals surface area (Å²) in [5.74, 6) is 0. The molecule has 0 radical (unpaired) electrons. The van der Waals surface area contributed by atoms with E-state index in [-0.39, 0.29) is 5.41 Å². The number of nitrogens with zero attached hydrogens (tertiary/aromatic N) is 4. The highest BCUT2D eigenvalue weighted by molar-refractivity contribution is 7.17. The maximum Gasteiger partial charge on any atom is 0.214 e. The van der Waals surface area contributed by atoms with Gasteiger partial charge in [-0.3, -0.25) is 0 Å². The maximum absolute atomic E-state index is 9.37. The Hall–Kier alpha value is -1.71. The quantitative estimate of drug-likeness (QED) is 0.686. The number of fused-ring (bicyclic) bond motifs is 1. The second-order valence-corrected chi connectivity index (χ2v) is 7.15. The van der Waals surface area contributed by atoms with Crippen LogP contribution in [0.5, 0.6) is 0 Å². The molecule has 0 aliphatic carbocycles. The van der Waals surface area contributed by atoms with Gasteiger partial charge in [0.05, 0.1) is 4.88 Å². The molecule has 0 spiro atoms. The SMILES string of the molecule is CC(C)(C)c1nn2c(C#N)c(-c3cccs3)nc2s1. The smallest absolute Gasteiger partial charge is 0.214 e. The Bertz CT molecular complexity index is 766. The standard InChI is InChI=1S/C13H12N4S2/c1-13(2,3)11-16-17-8(7-14)10(15-12(17)19-11)9-5-4-6-18-9/h4-6H,1-3H3. The van der Waals surface area contributed by atoms with Crippen LogP contribution in [0.2, 0.25) is 0 Å². The lowest BCUT2D eigenvalue weighted by Crippen LogP contribution is -2.11. The number of nitriles is 1. The van der Waals surface area contributed by atoms with Crippen molar-refractivity contribution >= 4 is 27.6 Å². The molecule has 0 amide bonds. The Kier molecular flexibility index (Phi) is 2.69. The first-order valence-corrected chi connectivity index (χ1v) is 7.54. The third-order valence-corrected chi connectivity index (χ3v) is 4.92. The minimum Gasteiger partial charge on any atom is -0.215 e. The monoisotopic (exact) mass is 288 g/mol. The zero-order valence-corrected chi connectivity index (χ0v) is 12.5. The predicted molar refractivity (Wildman–Crippen MR) is 77.6 cm³/mol. The number of thiophene rings is 1. The van der Waals surface area contributed by atoms with Crippen molar-refractivity contribution in [2.75, 3.05) is 0 Å². The van der Waals surface area contributed by atoms with Crippen LogP contribution in [0.1, 0.15) is 31.5 Å². The topological polar surface area (TPSA) is 54.0 Å². The molecule has 0 aliphatic heterocycles. The van der Waals surface area contributed by atoms with E-state index in [4.69, 9.17) is 0 Å². The maximum atomic E-state index is 9.37. The van der Waals surface area contributed by atoms with Crippen molar-refractivity contribution in [2.45, 2.75) is 26.2 Å². The van der Waals surface area contributed by atoms with Crippen molar-refractivity contribution in [2.24, 2.45) is 0 Å². The van der Waals surface area contributed by atoms with Crippen LogP contribution in [-0.4, -0.2) is 14.6 Å². The highest BCUT2D eigenvalue weighted by atomic mass is 32.1. The van der Waals surface area contributed by atoms with Crippen molar-refractivity contribution in [3.63, 3.8) is 0 Å². The van der Waals surface area contributed by atoms with Crippen LogP contribution < -0.4 is 0 Å². The van der Waals surface area contributed by atoms with E-state index in [1.165, 1.54) is 0 Å². The molecule has 0 saturated heterocycles. The molecule has 0 unspecified atom stereocenters. The highest BCUT2D eigenvalue weighted by Gasteiger charge is 2.23. The third-order valence-electron chi connectivity index (χ3n) is 2.71. The summed E-state index contributed by atoms with van der Waals surface area (Å²) in [7, 11) is 0.